The molecule has 4 nitrogen and oxygen atoms in total. The van der Waals surface area contributed by atoms with Crippen molar-refractivity contribution in [2.45, 2.75) is 160 Å². The molecule has 0 aliphatic heterocycles. The van der Waals surface area contributed by atoms with E-state index in [9.17, 15) is 9.59 Å². The van der Waals surface area contributed by atoms with Gasteiger partial charge in [-0.3, -0.25) is 10.1 Å². The Morgan fingerprint density at radius 1 is 0.594 bits per heavy atom. The van der Waals surface area contributed by atoms with E-state index in [4.69, 9.17) is 5.73 Å². The van der Waals surface area contributed by atoms with E-state index in [0.717, 1.165) is 0 Å². The molecular formula is C27H55BrN2O2. The summed E-state index contributed by atoms with van der Waals surface area (Å²) < 4.78 is -0.665. The van der Waals surface area contributed by atoms with Gasteiger partial charge in [0.25, 0.3) is 0 Å². The number of hydrogen-bond acceptors (Lipinski definition) is 2. The maximum atomic E-state index is 11.3. The van der Waals surface area contributed by atoms with E-state index in [2.05, 4.69) is 29.8 Å². The summed E-state index contributed by atoms with van der Waals surface area (Å²) in [5, 5.41) is 2.04. The SMILES string of the molecule is CCC(Br)(CC)C(=O)NC(N)=O.CCCCCCCCCCCCCCCCCCCC. The molecule has 0 aromatic carbocycles. The van der Waals surface area contributed by atoms with Crippen molar-refractivity contribution in [3.8, 4) is 0 Å². The van der Waals surface area contributed by atoms with Crippen LogP contribution >= 0.6 is 15.9 Å². The van der Waals surface area contributed by atoms with Gasteiger partial charge in [-0.1, -0.05) is 159 Å². The van der Waals surface area contributed by atoms with Crippen LogP contribution in [0.4, 0.5) is 4.79 Å². The quantitative estimate of drug-likeness (QED) is 0.124. The largest absolute Gasteiger partial charge is 0.351 e. The fraction of sp³-hybridized carbons (Fsp3) is 0.926. The number of rotatable bonds is 20. The lowest BCUT2D eigenvalue weighted by molar-refractivity contribution is -0.122. The van der Waals surface area contributed by atoms with Gasteiger partial charge in [0.1, 0.15) is 4.32 Å². The zero-order valence-electron chi connectivity index (χ0n) is 21.9. The highest BCUT2D eigenvalue weighted by Gasteiger charge is 2.32. The Bertz CT molecular complexity index is 408. The van der Waals surface area contributed by atoms with Gasteiger partial charge in [0.15, 0.2) is 0 Å². The fourth-order valence-corrected chi connectivity index (χ4v) is 3.87. The van der Waals surface area contributed by atoms with Crippen LogP contribution in [0.1, 0.15) is 156 Å². The number of imide groups is 1. The first-order valence-corrected chi connectivity index (χ1v) is 14.5. The number of hydrogen-bond donors (Lipinski definition) is 2. The number of carbonyl (C=O) groups excluding carboxylic acids is 2. The van der Waals surface area contributed by atoms with Gasteiger partial charge in [0, 0.05) is 0 Å². The number of alkyl halides is 1. The van der Waals surface area contributed by atoms with Crippen molar-refractivity contribution in [1.29, 1.82) is 0 Å². The van der Waals surface area contributed by atoms with Gasteiger partial charge in [0.2, 0.25) is 5.91 Å². The molecule has 0 aliphatic rings. The number of unbranched alkanes of at least 4 members (excludes halogenated alkanes) is 17. The fourth-order valence-electron chi connectivity index (χ4n) is 3.77. The second kappa shape index (κ2) is 25.1. The van der Waals surface area contributed by atoms with Gasteiger partial charge in [-0.25, -0.2) is 4.79 Å². The number of amides is 3. The average Bonchev–Trinajstić information content (AvgIpc) is 2.78. The predicted molar refractivity (Wildman–Crippen MR) is 144 cm³/mol. The van der Waals surface area contributed by atoms with Gasteiger partial charge in [-0.05, 0) is 12.8 Å². The number of urea groups is 1. The van der Waals surface area contributed by atoms with Crippen LogP contribution in [0, 0.1) is 0 Å². The predicted octanol–water partition coefficient (Wildman–Crippen LogP) is 9.18. The Morgan fingerprint density at radius 3 is 1.03 bits per heavy atom. The van der Waals surface area contributed by atoms with Crippen molar-refractivity contribution in [3.63, 3.8) is 0 Å². The van der Waals surface area contributed by atoms with Gasteiger partial charge in [-0.2, -0.15) is 0 Å². The topological polar surface area (TPSA) is 72.2 Å². The smallest absolute Gasteiger partial charge is 0.318 e. The Hall–Kier alpha value is -0.580. The second-order valence-electron chi connectivity index (χ2n) is 9.15. The van der Waals surface area contributed by atoms with Crippen LogP contribution in [-0.2, 0) is 4.79 Å². The molecule has 192 valence electrons. The van der Waals surface area contributed by atoms with Gasteiger partial charge in [-0.15, -0.1) is 0 Å². The number of halogens is 1. The third-order valence-corrected chi connectivity index (χ3v) is 7.70. The highest BCUT2D eigenvalue weighted by molar-refractivity contribution is 9.10. The molecule has 0 aliphatic carbocycles. The number of nitrogens with one attached hydrogen (secondary N) is 1. The van der Waals surface area contributed by atoms with Crippen LogP contribution in [-0.4, -0.2) is 16.3 Å². The summed E-state index contributed by atoms with van der Waals surface area (Å²) in [6.07, 6.45) is 27.6. The van der Waals surface area contributed by atoms with Crippen LogP contribution < -0.4 is 11.1 Å². The minimum absolute atomic E-state index is 0.375. The Labute approximate surface area is 208 Å². The minimum atomic E-state index is -0.814. The highest BCUT2D eigenvalue weighted by Crippen LogP contribution is 2.26. The van der Waals surface area contributed by atoms with E-state index in [1.54, 1.807) is 0 Å². The molecule has 0 fully saturated rings. The maximum absolute atomic E-state index is 11.3. The monoisotopic (exact) mass is 518 g/mol. The van der Waals surface area contributed by atoms with E-state index >= 15 is 0 Å². The van der Waals surface area contributed by atoms with Gasteiger partial charge < -0.3 is 5.73 Å². The maximum Gasteiger partial charge on any atom is 0.318 e. The molecule has 0 radical (unpaired) electrons. The lowest BCUT2D eigenvalue weighted by Gasteiger charge is -2.21. The second-order valence-corrected chi connectivity index (χ2v) is 10.7. The van der Waals surface area contributed by atoms with Crippen LogP contribution in [0.25, 0.3) is 0 Å². The molecule has 32 heavy (non-hydrogen) atoms. The molecule has 0 saturated heterocycles. The lowest BCUT2D eigenvalue weighted by atomic mass is 10.0. The molecule has 0 spiro atoms. The van der Waals surface area contributed by atoms with Crippen LogP contribution in [0.3, 0.4) is 0 Å². The molecular weight excluding hydrogens is 464 g/mol. The normalized spacial score (nSPS) is 11.0. The lowest BCUT2D eigenvalue weighted by Crippen LogP contribution is -2.46. The zero-order valence-corrected chi connectivity index (χ0v) is 23.5. The summed E-state index contributed by atoms with van der Waals surface area (Å²) in [6, 6.07) is -0.814. The molecule has 0 unspecified atom stereocenters. The van der Waals surface area contributed by atoms with Crippen molar-refractivity contribution >= 4 is 27.9 Å². The Morgan fingerprint density at radius 2 is 0.844 bits per heavy atom. The summed E-state index contributed by atoms with van der Waals surface area (Å²) in [6.45, 7) is 8.31. The summed E-state index contributed by atoms with van der Waals surface area (Å²) in [5.74, 6) is -0.375. The van der Waals surface area contributed by atoms with Crippen molar-refractivity contribution in [1.82, 2.24) is 5.32 Å². The molecule has 0 aromatic heterocycles. The summed E-state index contributed by atoms with van der Waals surface area (Å²) in [4.78, 5) is 21.6. The standard InChI is InChI=1S/C20H42.C7H13BrN2O2/c1-3-5-7-9-11-13-15-17-19-20-18-16-14-12-10-8-6-4-2;1-3-7(8,4-2)5(11)10-6(9)12/h3-20H2,1-2H3;3-4H2,1-2H3,(H3,9,10,11,12). The molecule has 3 N–H and O–H groups in total. The van der Waals surface area contributed by atoms with E-state index in [1.165, 1.54) is 116 Å². The van der Waals surface area contributed by atoms with Crippen molar-refractivity contribution < 1.29 is 9.59 Å². The molecule has 0 aromatic rings. The first kappa shape index (κ1) is 33.6. The van der Waals surface area contributed by atoms with Crippen molar-refractivity contribution in [3.05, 3.63) is 0 Å². The summed E-state index contributed by atoms with van der Waals surface area (Å²) >= 11 is 3.26. The van der Waals surface area contributed by atoms with Crippen LogP contribution in [0.2, 0.25) is 0 Å². The molecule has 3 amide bonds. The van der Waals surface area contributed by atoms with Gasteiger partial charge >= 0.3 is 6.03 Å². The third-order valence-electron chi connectivity index (χ3n) is 6.22. The van der Waals surface area contributed by atoms with Gasteiger partial charge in [0.05, 0.1) is 0 Å². The zero-order chi connectivity index (χ0) is 24.5. The number of nitrogens with two attached hydrogens (primary N) is 1. The summed E-state index contributed by atoms with van der Waals surface area (Å²) in [5.41, 5.74) is 4.81. The minimum Gasteiger partial charge on any atom is -0.351 e. The summed E-state index contributed by atoms with van der Waals surface area (Å²) in [7, 11) is 0. The highest BCUT2D eigenvalue weighted by atomic mass is 79.9. The van der Waals surface area contributed by atoms with Crippen LogP contribution in [0.5, 0.6) is 0 Å². The Kier molecular flexibility index (Phi) is 26.3. The Balaban J connectivity index is 0. The molecule has 0 rings (SSSR count). The third kappa shape index (κ3) is 22.6. The van der Waals surface area contributed by atoms with E-state index in [0.29, 0.717) is 12.8 Å². The van der Waals surface area contributed by atoms with Crippen molar-refractivity contribution in [2.24, 2.45) is 5.73 Å². The number of carbonyl (C=O) groups is 2. The first-order valence-electron chi connectivity index (χ1n) is 13.7. The molecule has 0 atom stereocenters. The molecule has 0 heterocycles. The number of primary amides is 1. The molecule has 0 bridgehead atoms. The molecule has 0 saturated carbocycles. The van der Waals surface area contributed by atoms with Crippen LogP contribution in [0.15, 0.2) is 0 Å². The van der Waals surface area contributed by atoms with E-state index in [1.807, 2.05) is 19.2 Å². The molecule has 5 heteroatoms. The first-order chi connectivity index (χ1) is 15.4. The van der Waals surface area contributed by atoms with E-state index < -0.39 is 10.4 Å². The van der Waals surface area contributed by atoms with E-state index in [-0.39, 0.29) is 5.91 Å². The average molecular weight is 520 g/mol. The van der Waals surface area contributed by atoms with Crippen molar-refractivity contribution in [2.75, 3.05) is 0 Å².